The van der Waals surface area contributed by atoms with Crippen molar-refractivity contribution >= 4 is 27.4 Å². The Balaban J connectivity index is 1.61. The van der Waals surface area contributed by atoms with Gasteiger partial charge >= 0.3 is 0 Å². The van der Waals surface area contributed by atoms with Gasteiger partial charge in [0.05, 0.1) is 4.90 Å². The van der Waals surface area contributed by atoms with Gasteiger partial charge in [-0.25, -0.2) is 8.42 Å². The van der Waals surface area contributed by atoms with Crippen LogP contribution in [0.3, 0.4) is 0 Å². The van der Waals surface area contributed by atoms with Crippen LogP contribution in [-0.4, -0.2) is 37.5 Å². The molecule has 1 aliphatic heterocycles. The van der Waals surface area contributed by atoms with Crippen molar-refractivity contribution in [3.8, 4) is 0 Å². The fraction of sp³-hybridized carbons (Fsp3) is 0.300. The van der Waals surface area contributed by atoms with Crippen LogP contribution in [0.5, 0.6) is 0 Å². The van der Waals surface area contributed by atoms with Crippen LogP contribution in [0.25, 0.3) is 0 Å². The summed E-state index contributed by atoms with van der Waals surface area (Å²) in [4.78, 5) is 24.4. The highest BCUT2D eigenvalue weighted by Crippen LogP contribution is 2.23. The number of sulfonamides is 1. The van der Waals surface area contributed by atoms with Gasteiger partial charge in [0.2, 0.25) is 15.9 Å². The van der Waals surface area contributed by atoms with Gasteiger partial charge in [-0.15, -0.1) is 0 Å². The van der Waals surface area contributed by atoms with Gasteiger partial charge in [-0.3, -0.25) is 9.59 Å². The Morgan fingerprint density at radius 1 is 0.926 bits per heavy atom. The van der Waals surface area contributed by atoms with Crippen LogP contribution in [0, 0.1) is 0 Å². The van der Waals surface area contributed by atoms with Crippen LogP contribution in [-0.2, 0) is 14.8 Å². The normalized spacial score (nSPS) is 14.8. The molecule has 1 aliphatic rings. The number of benzene rings is 2. The van der Waals surface area contributed by atoms with Crippen LogP contribution in [0.1, 0.15) is 36.0 Å². The molecule has 0 bridgehead atoms. The average molecular weight is 386 g/mol. The summed E-state index contributed by atoms with van der Waals surface area (Å²) in [5.41, 5.74) is 0.983. The number of Topliss-reactive ketones (excluding diaryl/α,β-unsaturated/α-hetero) is 1. The molecule has 2 aromatic rings. The Bertz CT molecular complexity index is 920. The molecule has 142 valence electrons. The number of carbonyl (C=O) groups is 2. The van der Waals surface area contributed by atoms with Crippen LogP contribution >= 0.6 is 0 Å². The zero-order chi connectivity index (χ0) is 19.3. The minimum Gasteiger partial charge on any atom is -0.326 e. The smallest absolute Gasteiger partial charge is 0.243 e. The van der Waals surface area contributed by atoms with E-state index in [1.54, 1.807) is 36.4 Å². The van der Waals surface area contributed by atoms with E-state index in [1.807, 2.05) is 6.07 Å². The second-order valence-corrected chi connectivity index (χ2v) is 8.41. The lowest BCUT2D eigenvalue weighted by Crippen LogP contribution is -2.27. The number of hydrogen-bond donors (Lipinski definition) is 1. The summed E-state index contributed by atoms with van der Waals surface area (Å²) in [6.07, 6.45) is 1.87. The van der Waals surface area contributed by atoms with E-state index >= 15 is 0 Å². The Kier molecular flexibility index (Phi) is 6.03. The molecule has 3 rings (SSSR count). The predicted octanol–water partition coefficient (Wildman–Crippen LogP) is 3.07. The molecule has 0 saturated carbocycles. The van der Waals surface area contributed by atoms with E-state index in [9.17, 15) is 18.0 Å². The predicted molar refractivity (Wildman–Crippen MR) is 103 cm³/mol. The summed E-state index contributed by atoms with van der Waals surface area (Å²) < 4.78 is 26.7. The van der Waals surface area contributed by atoms with E-state index in [0.29, 0.717) is 24.3 Å². The van der Waals surface area contributed by atoms with Gasteiger partial charge < -0.3 is 5.32 Å². The SMILES string of the molecule is O=C(CCC(=O)c1ccccc1)Nc1cccc(S(=O)(=O)N2CCCC2)c1. The fourth-order valence-electron chi connectivity index (χ4n) is 3.03. The summed E-state index contributed by atoms with van der Waals surface area (Å²) in [7, 11) is -3.53. The first kappa shape index (κ1) is 19.3. The van der Waals surface area contributed by atoms with Crippen molar-refractivity contribution < 1.29 is 18.0 Å². The Morgan fingerprint density at radius 3 is 2.33 bits per heavy atom. The van der Waals surface area contributed by atoms with Gasteiger partial charge in [0.1, 0.15) is 0 Å². The first-order valence-electron chi connectivity index (χ1n) is 8.95. The number of carbonyl (C=O) groups excluding carboxylic acids is 2. The molecule has 0 atom stereocenters. The molecule has 0 radical (unpaired) electrons. The molecule has 1 saturated heterocycles. The van der Waals surface area contributed by atoms with E-state index in [1.165, 1.54) is 16.4 Å². The monoisotopic (exact) mass is 386 g/mol. The van der Waals surface area contributed by atoms with Crippen LogP contribution in [0.2, 0.25) is 0 Å². The lowest BCUT2D eigenvalue weighted by Gasteiger charge is -2.16. The Hall–Kier alpha value is -2.51. The zero-order valence-electron chi connectivity index (χ0n) is 14.9. The quantitative estimate of drug-likeness (QED) is 0.741. The van der Waals surface area contributed by atoms with Crippen molar-refractivity contribution in [3.63, 3.8) is 0 Å². The molecule has 7 heteroatoms. The lowest BCUT2D eigenvalue weighted by molar-refractivity contribution is -0.116. The second kappa shape index (κ2) is 8.45. The number of hydrogen-bond acceptors (Lipinski definition) is 4. The third-order valence-electron chi connectivity index (χ3n) is 4.50. The van der Waals surface area contributed by atoms with Crippen LogP contribution < -0.4 is 5.32 Å². The van der Waals surface area contributed by atoms with Crippen LogP contribution in [0.4, 0.5) is 5.69 Å². The molecule has 27 heavy (non-hydrogen) atoms. The maximum Gasteiger partial charge on any atom is 0.243 e. The van der Waals surface area contributed by atoms with Crippen molar-refractivity contribution in [2.45, 2.75) is 30.6 Å². The number of anilines is 1. The largest absolute Gasteiger partial charge is 0.326 e. The Labute approximate surface area is 159 Å². The number of nitrogens with one attached hydrogen (secondary N) is 1. The third kappa shape index (κ3) is 4.81. The highest BCUT2D eigenvalue weighted by atomic mass is 32.2. The minimum absolute atomic E-state index is 0.0385. The number of amides is 1. The molecule has 1 fully saturated rings. The third-order valence-corrected chi connectivity index (χ3v) is 6.39. The van der Waals surface area contributed by atoms with Crippen molar-refractivity contribution in [3.05, 3.63) is 60.2 Å². The second-order valence-electron chi connectivity index (χ2n) is 6.48. The average Bonchev–Trinajstić information content (AvgIpc) is 3.23. The van der Waals surface area contributed by atoms with Gasteiger partial charge in [-0.1, -0.05) is 36.4 Å². The van der Waals surface area contributed by atoms with E-state index in [0.717, 1.165) is 12.8 Å². The van der Waals surface area contributed by atoms with Crippen LogP contribution in [0.15, 0.2) is 59.5 Å². The van der Waals surface area contributed by atoms with E-state index in [2.05, 4.69) is 5.32 Å². The highest BCUT2D eigenvalue weighted by molar-refractivity contribution is 7.89. The van der Waals surface area contributed by atoms with Gasteiger partial charge in [-0.2, -0.15) is 4.31 Å². The first-order chi connectivity index (χ1) is 13.0. The molecule has 6 nitrogen and oxygen atoms in total. The number of nitrogens with zero attached hydrogens (tertiary/aromatic N) is 1. The standard InChI is InChI=1S/C20H22N2O4S/c23-19(16-7-2-1-3-8-16)11-12-20(24)21-17-9-6-10-18(15-17)27(25,26)22-13-4-5-14-22/h1-3,6-10,15H,4-5,11-14H2,(H,21,24). The van der Waals surface area contributed by atoms with Crippen molar-refractivity contribution in [1.82, 2.24) is 4.31 Å². The summed E-state index contributed by atoms with van der Waals surface area (Å²) in [6.45, 7) is 1.06. The zero-order valence-corrected chi connectivity index (χ0v) is 15.7. The maximum atomic E-state index is 12.6. The summed E-state index contributed by atoms with van der Waals surface area (Å²) >= 11 is 0. The molecular weight excluding hydrogens is 364 g/mol. The Morgan fingerprint density at radius 2 is 1.63 bits per heavy atom. The first-order valence-corrected chi connectivity index (χ1v) is 10.4. The minimum atomic E-state index is -3.53. The number of rotatable bonds is 7. The molecule has 1 amide bonds. The van der Waals surface area contributed by atoms with E-state index in [4.69, 9.17) is 0 Å². The highest BCUT2D eigenvalue weighted by Gasteiger charge is 2.27. The topological polar surface area (TPSA) is 83.5 Å². The van der Waals surface area contributed by atoms with E-state index < -0.39 is 10.0 Å². The molecule has 0 unspecified atom stereocenters. The fourth-order valence-corrected chi connectivity index (χ4v) is 4.59. The van der Waals surface area contributed by atoms with Gasteiger partial charge in [0, 0.05) is 37.2 Å². The molecule has 1 N–H and O–H groups in total. The van der Waals surface area contributed by atoms with Crippen molar-refractivity contribution in [2.75, 3.05) is 18.4 Å². The van der Waals surface area contributed by atoms with Gasteiger partial charge in [0.15, 0.2) is 5.78 Å². The summed E-state index contributed by atoms with van der Waals surface area (Å²) in [5.74, 6) is -0.425. The molecule has 0 aliphatic carbocycles. The van der Waals surface area contributed by atoms with E-state index in [-0.39, 0.29) is 29.4 Å². The van der Waals surface area contributed by atoms with Crippen molar-refractivity contribution in [2.24, 2.45) is 0 Å². The van der Waals surface area contributed by atoms with Gasteiger partial charge in [0.25, 0.3) is 0 Å². The van der Waals surface area contributed by atoms with Gasteiger partial charge in [-0.05, 0) is 31.0 Å². The van der Waals surface area contributed by atoms with Crippen molar-refractivity contribution in [1.29, 1.82) is 0 Å². The number of ketones is 1. The summed E-state index contributed by atoms with van der Waals surface area (Å²) in [5, 5.41) is 2.68. The molecule has 2 aromatic carbocycles. The molecule has 0 spiro atoms. The maximum absolute atomic E-state index is 12.6. The molecular formula is C20H22N2O4S. The lowest BCUT2D eigenvalue weighted by atomic mass is 10.1. The molecule has 1 heterocycles. The molecule has 0 aromatic heterocycles. The summed E-state index contributed by atoms with van der Waals surface area (Å²) in [6, 6.07) is 15.0.